The molecule has 9 N–H and O–H groups in total. The Kier molecular flexibility index (Phi) is 6.04. The number of benzene rings is 1. The normalized spacial score (nSPS) is 28.6. The maximum Gasteiger partial charge on any atom is 0.271 e. The molecule has 1 aromatic carbocycles. The Morgan fingerprint density at radius 1 is 1.17 bits per heavy atom. The summed E-state index contributed by atoms with van der Waals surface area (Å²) in [4.78, 5) is 36.5. The van der Waals surface area contributed by atoms with E-state index in [0.29, 0.717) is 12.4 Å². The van der Waals surface area contributed by atoms with Crippen LogP contribution in [0.5, 0.6) is 5.75 Å². The third-order valence-electron chi connectivity index (χ3n) is 8.35. The van der Waals surface area contributed by atoms with Gasteiger partial charge in [-0.05, 0) is 30.0 Å². The molecule has 15 nitrogen and oxygen atoms in total. The van der Waals surface area contributed by atoms with Crippen molar-refractivity contribution in [3.63, 3.8) is 0 Å². The zero-order chi connectivity index (χ0) is 29.2. The highest BCUT2D eigenvalue weighted by atomic mass is 16.5. The molecule has 0 aliphatic carbocycles. The van der Waals surface area contributed by atoms with Crippen molar-refractivity contribution < 1.29 is 24.5 Å². The fourth-order valence-corrected chi connectivity index (χ4v) is 6.15. The number of nitrogens with two attached hydrogens (primary N) is 2. The van der Waals surface area contributed by atoms with E-state index in [1.807, 2.05) is 6.07 Å². The summed E-state index contributed by atoms with van der Waals surface area (Å²) in [6, 6.07) is 5.37. The molecule has 1 saturated heterocycles. The molecule has 6 rings (SSSR count). The van der Waals surface area contributed by atoms with Crippen LogP contribution >= 0.6 is 0 Å². The molecule has 5 heterocycles. The van der Waals surface area contributed by atoms with Crippen molar-refractivity contribution in [2.75, 3.05) is 19.7 Å². The number of nitrogens with one attached hydrogen (secondary N) is 3. The molecule has 15 heteroatoms. The number of amides is 2. The number of carbonyl (C=O) groups is 2. The van der Waals surface area contributed by atoms with Crippen LogP contribution in [0.15, 0.2) is 46.5 Å². The first-order chi connectivity index (χ1) is 19.5. The summed E-state index contributed by atoms with van der Waals surface area (Å²) in [5, 5.41) is 39.2. The maximum atomic E-state index is 13.6. The first-order valence-corrected chi connectivity index (χ1v) is 13.3. The van der Waals surface area contributed by atoms with Crippen LogP contribution < -0.4 is 32.2 Å². The van der Waals surface area contributed by atoms with Gasteiger partial charge < -0.3 is 47.3 Å². The van der Waals surface area contributed by atoms with Gasteiger partial charge in [0.1, 0.15) is 17.8 Å². The SMILES string of the molecule is CC1(C)CCOc2c(C(=O)NC3CN4C(N)=N[C@@H](CNC(=O)c5cccnn5)C5N=C(N)NC54C3(O)O)cccc21. The highest BCUT2D eigenvalue weighted by molar-refractivity contribution is 5.98. The zero-order valence-electron chi connectivity index (χ0n) is 22.5. The number of nitrogens with zero attached hydrogens (tertiary/aromatic N) is 5. The Morgan fingerprint density at radius 3 is 2.73 bits per heavy atom. The largest absolute Gasteiger partial charge is 0.492 e. The van der Waals surface area contributed by atoms with Crippen LogP contribution in [0.2, 0.25) is 0 Å². The number of aliphatic imine (C=N–C) groups is 2. The summed E-state index contributed by atoms with van der Waals surface area (Å²) in [5.74, 6) is -3.30. The minimum atomic E-state index is -2.62. The molecule has 0 saturated carbocycles. The summed E-state index contributed by atoms with van der Waals surface area (Å²) < 4.78 is 5.89. The number of guanidine groups is 2. The molecule has 4 atom stereocenters. The summed E-state index contributed by atoms with van der Waals surface area (Å²) in [6.45, 7) is 4.45. The van der Waals surface area contributed by atoms with Crippen molar-refractivity contribution in [1.29, 1.82) is 0 Å². The van der Waals surface area contributed by atoms with E-state index in [-0.39, 0.29) is 41.7 Å². The molecule has 4 aliphatic rings. The van der Waals surface area contributed by atoms with Gasteiger partial charge in [-0.25, -0.2) is 9.98 Å². The second-order valence-corrected chi connectivity index (χ2v) is 11.3. The second-order valence-electron chi connectivity index (χ2n) is 11.3. The molecule has 1 fully saturated rings. The Labute approximate surface area is 235 Å². The molecule has 1 aromatic heterocycles. The molecule has 1 spiro atoms. The molecule has 41 heavy (non-hydrogen) atoms. The van der Waals surface area contributed by atoms with Gasteiger partial charge in [0.05, 0.1) is 18.2 Å². The summed E-state index contributed by atoms with van der Waals surface area (Å²) in [6.07, 6.45) is 2.25. The zero-order valence-corrected chi connectivity index (χ0v) is 22.5. The van der Waals surface area contributed by atoms with Crippen LogP contribution in [-0.4, -0.2) is 98.3 Å². The van der Waals surface area contributed by atoms with E-state index in [9.17, 15) is 19.8 Å². The van der Waals surface area contributed by atoms with Crippen molar-refractivity contribution in [3.8, 4) is 5.75 Å². The lowest BCUT2D eigenvalue weighted by molar-refractivity contribution is -0.230. The van der Waals surface area contributed by atoms with E-state index in [4.69, 9.17) is 16.2 Å². The lowest BCUT2D eigenvalue weighted by Crippen LogP contribution is -2.78. The number of hydrogen-bond acceptors (Lipinski definition) is 13. The van der Waals surface area contributed by atoms with E-state index < -0.39 is 41.4 Å². The first-order valence-electron chi connectivity index (χ1n) is 13.3. The van der Waals surface area contributed by atoms with Crippen LogP contribution in [0.3, 0.4) is 0 Å². The smallest absolute Gasteiger partial charge is 0.271 e. The first kappa shape index (κ1) is 26.7. The third kappa shape index (κ3) is 4.02. The number of aliphatic hydroxyl groups is 2. The fourth-order valence-electron chi connectivity index (χ4n) is 6.15. The molecular formula is C26H32N10O5. The topological polar surface area (TPSA) is 226 Å². The molecule has 3 unspecified atom stereocenters. The van der Waals surface area contributed by atoms with Crippen LogP contribution in [0.25, 0.3) is 0 Å². The van der Waals surface area contributed by atoms with Gasteiger partial charge in [0, 0.05) is 24.8 Å². The van der Waals surface area contributed by atoms with Gasteiger partial charge in [-0.2, -0.15) is 5.10 Å². The predicted octanol–water partition coefficient (Wildman–Crippen LogP) is -2.26. The van der Waals surface area contributed by atoms with E-state index >= 15 is 0 Å². The Hall–Kier alpha value is -4.50. The average molecular weight is 565 g/mol. The molecular weight excluding hydrogens is 532 g/mol. The Morgan fingerprint density at radius 2 is 1.98 bits per heavy atom. The van der Waals surface area contributed by atoms with Crippen LogP contribution in [-0.2, 0) is 5.41 Å². The van der Waals surface area contributed by atoms with Gasteiger partial charge in [-0.15, -0.1) is 5.10 Å². The number of rotatable bonds is 5. The number of ether oxygens (including phenoxy) is 1. The van der Waals surface area contributed by atoms with E-state index in [1.54, 1.807) is 18.2 Å². The predicted molar refractivity (Wildman–Crippen MR) is 146 cm³/mol. The highest BCUT2D eigenvalue weighted by Gasteiger charge is 2.73. The number of fused-ring (bicyclic) bond motifs is 1. The van der Waals surface area contributed by atoms with Gasteiger partial charge >= 0.3 is 0 Å². The highest BCUT2D eigenvalue weighted by Crippen LogP contribution is 2.45. The molecule has 4 aliphatic heterocycles. The lowest BCUT2D eigenvalue weighted by atomic mass is 9.79. The molecule has 2 amide bonds. The van der Waals surface area contributed by atoms with E-state index in [1.165, 1.54) is 17.2 Å². The van der Waals surface area contributed by atoms with Crippen LogP contribution in [0.4, 0.5) is 0 Å². The summed E-state index contributed by atoms with van der Waals surface area (Å²) in [7, 11) is 0. The van der Waals surface area contributed by atoms with Gasteiger partial charge in [0.15, 0.2) is 23.3 Å². The molecule has 2 aromatic rings. The fraction of sp³-hybridized carbons (Fsp3) is 0.462. The second kappa shape index (κ2) is 9.27. The van der Waals surface area contributed by atoms with Gasteiger partial charge in [-0.3, -0.25) is 9.59 Å². The number of carbonyl (C=O) groups excluding carboxylic acids is 2. The number of para-hydroxylation sites is 1. The van der Waals surface area contributed by atoms with Gasteiger partial charge in [0.2, 0.25) is 5.79 Å². The molecule has 0 radical (unpaired) electrons. The van der Waals surface area contributed by atoms with Crippen LogP contribution in [0, 0.1) is 0 Å². The van der Waals surface area contributed by atoms with Crippen molar-refractivity contribution in [2.24, 2.45) is 21.5 Å². The van der Waals surface area contributed by atoms with Crippen molar-refractivity contribution in [1.82, 2.24) is 31.0 Å². The monoisotopic (exact) mass is 564 g/mol. The molecule has 216 valence electrons. The van der Waals surface area contributed by atoms with E-state index in [2.05, 4.69) is 50.0 Å². The van der Waals surface area contributed by atoms with Gasteiger partial charge in [-0.1, -0.05) is 26.0 Å². The standard InChI is InChI=1S/C26H32N10O5/c1-24(2)8-10-41-18-13(5-3-6-14(18)24)20(37)32-17-12-36-23(28)31-16(11-29-21(38)15-7-4-9-30-35-15)19-25(36,26(17,39)40)34-22(27)33-19/h3-7,9,16-17,19,39-40H,8,10-12H2,1-2H3,(H2,28,31)(H,29,38)(H,32,37)(H3,27,33,34)/t16-,17?,19?,25?/m0/s1. The van der Waals surface area contributed by atoms with Gasteiger partial charge in [0.25, 0.3) is 11.8 Å². The van der Waals surface area contributed by atoms with Crippen molar-refractivity contribution in [2.45, 2.75) is 55.3 Å². The average Bonchev–Trinajstić information content (AvgIpc) is 3.41. The minimum Gasteiger partial charge on any atom is -0.492 e. The van der Waals surface area contributed by atoms with Crippen molar-refractivity contribution in [3.05, 3.63) is 53.3 Å². The Bertz CT molecular complexity index is 1460. The number of aromatic nitrogens is 2. The maximum absolute atomic E-state index is 13.6. The van der Waals surface area contributed by atoms with Crippen LogP contribution in [0.1, 0.15) is 46.7 Å². The summed E-state index contributed by atoms with van der Waals surface area (Å²) in [5.41, 5.74) is 11.7. The third-order valence-corrected chi connectivity index (χ3v) is 8.35. The van der Waals surface area contributed by atoms with Crippen molar-refractivity contribution >= 4 is 23.7 Å². The Balaban J connectivity index is 1.27. The quantitative estimate of drug-likeness (QED) is 0.192. The summed E-state index contributed by atoms with van der Waals surface area (Å²) >= 11 is 0. The van der Waals surface area contributed by atoms with E-state index in [0.717, 1.165) is 12.0 Å². The lowest BCUT2D eigenvalue weighted by Gasteiger charge is -2.49. The minimum absolute atomic E-state index is 0.0381. The number of hydrogen-bond donors (Lipinski definition) is 7. The molecule has 0 bridgehead atoms.